The van der Waals surface area contributed by atoms with Gasteiger partial charge in [0.15, 0.2) is 5.82 Å². The summed E-state index contributed by atoms with van der Waals surface area (Å²) in [5, 5.41) is 8.45. The Hall–Kier alpha value is -3.01. The molecule has 2 aromatic heterocycles. The molecule has 164 valence electrons. The molecular formula is C21H27N7O3. The number of morpholine rings is 1. The van der Waals surface area contributed by atoms with Crippen LogP contribution in [0, 0.1) is 0 Å². The molecule has 3 aliphatic rings. The second-order valence-electron chi connectivity index (χ2n) is 8.29. The molecule has 10 heteroatoms. The van der Waals surface area contributed by atoms with Crippen LogP contribution >= 0.6 is 0 Å². The Kier molecular flexibility index (Phi) is 5.54. The summed E-state index contributed by atoms with van der Waals surface area (Å²) in [7, 11) is 0. The van der Waals surface area contributed by atoms with Gasteiger partial charge in [0.25, 0.3) is 5.56 Å². The van der Waals surface area contributed by atoms with Crippen molar-refractivity contribution >= 4 is 17.4 Å². The van der Waals surface area contributed by atoms with Crippen LogP contribution < -0.4 is 15.4 Å². The average molecular weight is 425 g/mol. The fourth-order valence-corrected chi connectivity index (χ4v) is 4.09. The van der Waals surface area contributed by atoms with Crippen molar-refractivity contribution in [2.75, 3.05) is 62.3 Å². The van der Waals surface area contributed by atoms with Gasteiger partial charge < -0.3 is 19.4 Å². The van der Waals surface area contributed by atoms with Crippen molar-refractivity contribution in [3.63, 3.8) is 0 Å². The van der Waals surface area contributed by atoms with Crippen LogP contribution in [0.3, 0.4) is 0 Å². The van der Waals surface area contributed by atoms with E-state index in [-0.39, 0.29) is 18.0 Å². The molecule has 1 aliphatic carbocycles. The Bertz CT molecular complexity index is 992. The first-order valence-corrected chi connectivity index (χ1v) is 10.9. The first-order valence-electron chi connectivity index (χ1n) is 10.9. The van der Waals surface area contributed by atoms with E-state index in [2.05, 4.69) is 31.0 Å². The highest BCUT2D eigenvalue weighted by molar-refractivity contribution is 5.76. The molecule has 2 aromatic rings. The Morgan fingerprint density at radius 1 is 1.03 bits per heavy atom. The smallest absolute Gasteiger partial charge is 0.254 e. The molecule has 3 fully saturated rings. The zero-order valence-corrected chi connectivity index (χ0v) is 17.5. The molecule has 0 aromatic carbocycles. The van der Waals surface area contributed by atoms with Gasteiger partial charge in [0.2, 0.25) is 5.91 Å². The van der Waals surface area contributed by atoms with E-state index in [0.717, 1.165) is 43.1 Å². The highest BCUT2D eigenvalue weighted by Crippen LogP contribution is 2.38. The molecule has 2 saturated heterocycles. The quantitative estimate of drug-likeness (QED) is 0.665. The SMILES string of the molecule is O=C(Cn1cnc(C2CC2)cc1=O)N1CCN(c2cnnc(N3CCOCC3)c2)CC1. The van der Waals surface area contributed by atoms with Crippen molar-refractivity contribution in [2.24, 2.45) is 0 Å². The lowest BCUT2D eigenvalue weighted by molar-refractivity contribution is -0.132. The summed E-state index contributed by atoms with van der Waals surface area (Å²) >= 11 is 0. The van der Waals surface area contributed by atoms with E-state index in [4.69, 9.17) is 4.74 Å². The van der Waals surface area contributed by atoms with Gasteiger partial charge in [0.05, 0.1) is 37.1 Å². The number of rotatable bonds is 5. The molecule has 0 N–H and O–H groups in total. The molecule has 0 spiro atoms. The molecule has 5 rings (SSSR count). The molecule has 0 unspecified atom stereocenters. The van der Waals surface area contributed by atoms with Crippen LogP contribution in [0.2, 0.25) is 0 Å². The number of nitrogens with zero attached hydrogens (tertiary/aromatic N) is 7. The van der Waals surface area contributed by atoms with E-state index in [9.17, 15) is 9.59 Å². The summed E-state index contributed by atoms with van der Waals surface area (Å²) in [6.07, 6.45) is 5.48. The van der Waals surface area contributed by atoms with Crippen LogP contribution in [0.25, 0.3) is 0 Å². The second-order valence-corrected chi connectivity index (χ2v) is 8.29. The van der Waals surface area contributed by atoms with Gasteiger partial charge in [0.1, 0.15) is 6.54 Å². The van der Waals surface area contributed by atoms with Crippen LogP contribution in [-0.2, 0) is 16.1 Å². The van der Waals surface area contributed by atoms with Crippen LogP contribution in [0.5, 0.6) is 0 Å². The van der Waals surface area contributed by atoms with E-state index in [0.29, 0.717) is 45.3 Å². The molecule has 4 heterocycles. The molecule has 0 bridgehead atoms. The van der Waals surface area contributed by atoms with Gasteiger partial charge >= 0.3 is 0 Å². The highest BCUT2D eigenvalue weighted by Gasteiger charge is 2.26. The van der Waals surface area contributed by atoms with E-state index < -0.39 is 0 Å². The third kappa shape index (κ3) is 4.53. The first-order chi connectivity index (χ1) is 15.2. The minimum atomic E-state index is -0.151. The van der Waals surface area contributed by atoms with Gasteiger partial charge in [-0.3, -0.25) is 14.2 Å². The number of carbonyl (C=O) groups is 1. The predicted molar refractivity (Wildman–Crippen MR) is 114 cm³/mol. The van der Waals surface area contributed by atoms with Gasteiger partial charge in [-0.2, -0.15) is 5.10 Å². The van der Waals surface area contributed by atoms with Gasteiger partial charge in [-0.25, -0.2) is 4.98 Å². The monoisotopic (exact) mass is 425 g/mol. The maximum Gasteiger partial charge on any atom is 0.254 e. The van der Waals surface area contributed by atoms with Crippen molar-refractivity contribution in [2.45, 2.75) is 25.3 Å². The Morgan fingerprint density at radius 2 is 1.81 bits per heavy atom. The number of piperazine rings is 1. The standard InChI is InChI=1S/C21H27N7O3/c29-20-12-18(16-1-2-16)22-15-28(20)14-21(30)27-5-3-25(4-6-27)17-11-19(24-23-13-17)26-7-9-31-10-8-26/h11-13,15-16H,1-10,14H2. The Morgan fingerprint density at radius 3 is 2.52 bits per heavy atom. The summed E-state index contributed by atoms with van der Waals surface area (Å²) in [5.74, 6) is 1.24. The van der Waals surface area contributed by atoms with Crippen LogP contribution in [0.1, 0.15) is 24.5 Å². The maximum absolute atomic E-state index is 12.7. The van der Waals surface area contributed by atoms with Crippen molar-refractivity contribution in [1.82, 2.24) is 24.6 Å². The zero-order chi connectivity index (χ0) is 21.2. The zero-order valence-electron chi connectivity index (χ0n) is 17.5. The van der Waals surface area contributed by atoms with Crippen molar-refractivity contribution in [1.29, 1.82) is 0 Å². The summed E-state index contributed by atoms with van der Waals surface area (Å²) in [6.45, 7) is 5.72. The van der Waals surface area contributed by atoms with Gasteiger partial charge in [-0.1, -0.05) is 0 Å². The third-order valence-electron chi connectivity index (χ3n) is 6.16. The second kappa shape index (κ2) is 8.62. The van der Waals surface area contributed by atoms with Gasteiger partial charge in [-0.15, -0.1) is 5.10 Å². The van der Waals surface area contributed by atoms with Crippen LogP contribution in [0.15, 0.2) is 29.5 Å². The van der Waals surface area contributed by atoms with E-state index in [1.807, 2.05) is 4.90 Å². The van der Waals surface area contributed by atoms with Gasteiger partial charge in [-0.05, 0) is 12.8 Å². The summed E-state index contributed by atoms with van der Waals surface area (Å²) in [4.78, 5) is 35.6. The molecule has 10 nitrogen and oxygen atoms in total. The molecule has 1 saturated carbocycles. The molecule has 0 radical (unpaired) electrons. The van der Waals surface area contributed by atoms with E-state index in [1.54, 1.807) is 12.3 Å². The lowest BCUT2D eigenvalue weighted by atomic mass is 10.2. The number of ether oxygens (including phenoxy) is 1. The normalized spacial score (nSPS) is 19.5. The van der Waals surface area contributed by atoms with Crippen molar-refractivity contribution < 1.29 is 9.53 Å². The lowest BCUT2D eigenvalue weighted by Gasteiger charge is -2.36. The average Bonchev–Trinajstić information content (AvgIpc) is 3.67. The Labute approximate surface area is 180 Å². The summed E-state index contributed by atoms with van der Waals surface area (Å²) < 4.78 is 6.81. The summed E-state index contributed by atoms with van der Waals surface area (Å²) in [5.41, 5.74) is 1.71. The van der Waals surface area contributed by atoms with Crippen molar-refractivity contribution in [3.8, 4) is 0 Å². The predicted octanol–water partition coefficient (Wildman–Crippen LogP) is 0.0961. The number of amides is 1. The molecule has 0 atom stereocenters. The maximum atomic E-state index is 12.7. The minimum Gasteiger partial charge on any atom is -0.378 e. The molecule has 31 heavy (non-hydrogen) atoms. The number of aromatic nitrogens is 4. The van der Waals surface area contributed by atoms with E-state index in [1.165, 1.54) is 10.9 Å². The van der Waals surface area contributed by atoms with E-state index >= 15 is 0 Å². The fourth-order valence-electron chi connectivity index (χ4n) is 4.09. The minimum absolute atomic E-state index is 0.0365. The molecule has 2 aliphatic heterocycles. The topological polar surface area (TPSA) is 96.7 Å². The van der Waals surface area contributed by atoms with Crippen LogP contribution in [0.4, 0.5) is 11.5 Å². The number of anilines is 2. The largest absolute Gasteiger partial charge is 0.378 e. The highest BCUT2D eigenvalue weighted by atomic mass is 16.5. The number of hydrogen-bond acceptors (Lipinski definition) is 8. The fraction of sp³-hybridized carbons (Fsp3) is 0.571. The lowest BCUT2D eigenvalue weighted by Crippen LogP contribution is -2.50. The first kappa shape index (κ1) is 19.9. The number of carbonyl (C=O) groups excluding carboxylic acids is 1. The van der Waals surface area contributed by atoms with Crippen LogP contribution in [-0.4, -0.2) is 83.0 Å². The Balaban J connectivity index is 1.17. The van der Waals surface area contributed by atoms with Gasteiger partial charge in [0, 0.05) is 57.3 Å². The van der Waals surface area contributed by atoms with Crippen molar-refractivity contribution in [3.05, 3.63) is 40.7 Å². The molecular weight excluding hydrogens is 398 g/mol. The number of hydrogen-bond donors (Lipinski definition) is 0. The third-order valence-corrected chi connectivity index (χ3v) is 6.16. The molecule has 1 amide bonds. The summed E-state index contributed by atoms with van der Waals surface area (Å²) in [6, 6.07) is 3.63.